The fourth-order valence-corrected chi connectivity index (χ4v) is 1.19. The average molecular weight is 213 g/mol. The van der Waals surface area contributed by atoms with Crippen LogP contribution in [0.5, 0.6) is 0 Å². The van der Waals surface area contributed by atoms with Crippen molar-refractivity contribution < 1.29 is 19.1 Å². The molecule has 1 aliphatic rings. The van der Waals surface area contributed by atoms with Crippen molar-refractivity contribution in [3.63, 3.8) is 0 Å². The van der Waals surface area contributed by atoms with E-state index in [0.29, 0.717) is 12.2 Å². The Bertz CT molecular complexity index is 319. The zero-order valence-corrected chi connectivity index (χ0v) is 9.07. The zero-order valence-electron chi connectivity index (χ0n) is 9.07. The van der Waals surface area contributed by atoms with E-state index in [9.17, 15) is 9.59 Å². The van der Waals surface area contributed by atoms with Crippen LogP contribution in [0.15, 0.2) is 11.5 Å². The van der Waals surface area contributed by atoms with Crippen molar-refractivity contribution in [1.29, 1.82) is 0 Å². The number of hydrogen-bond acceptors (Lipinski definition) is 5. The second-order valence-electron chi connectivity index (χ2n) is 3.44. The summed E-state index contributed by atoms with van der Waals surface area (Å²) in [6, 6.07) is -0.751. The van der Waals surface area contributed by atoms with E-state index in [4.69, 9.17) is 15.2 Å². The van der Waals surface area contributed by atoms with Gasteiger partial charge in [-0.3, -0.25) is 4.79 Å². The van der Waals surface area contributed by atoms with Gasteiger partial charge in [0.1, 0.15) is 11.8 Å². The predicted molar refractivity (Wildman–Crippen MR) is 52.6 cm³/mol. The number of ketones is 1. The van der Waals surface area contributed by atoms with Crippen molar-refractivity contribution in [2.24, 2.45) is 5.73 Å². The summed E-state index contributed by atoms with van der Waals surface area (Å²) < 4.78 is 10.1. The van der Waals surface area contributed by atoms with E-state index in [1.54, 1.807) is 6.92 Å². The fourth-order valence-electron chi connectivity index (χ4n) is 1.19. The predicted octanol–water partition coefficient (Wildman–Crippen LogP) is 0.486. The van der Waals surface area contributed by atoms with Crippen molar-refractivity contribution in [2.75, 3.05) is 0 Å². The summed E-state index contributed by atoms with van der Waals surface area (Å²) in [4.78, 5) is 22.8. The highest BCUT2D eigenvalue weighted by Gasteiger charge is 2.34. The Hall–Kier alpha value is -1.36. The minimum atomic E-state index is -0.751. The molecule has 0 bridgehead atoms. The van der Waals surface area contributed by atoms with Crippen LogP contribution in [0.1, 0.15) is 27.2 Å². The first kappa shape index (κ1) is 11.7. The second-order valence-corrected chi connectivity index (χ2v) is 3.44. The summed E-state index contributed by atoms with van der Waals surface area (Å²) in [6.07, 6.45) is -0.0618. The number of carbonyl (C=O) groups excluding carboxylic acids is 2. The van der Waals surface area contributed by atoms with Crippen LogP contribution in [0.25, 0.3) is 0 Å². The summed E-state index contributed by atoms with van der Waals surface area (Å²) in [5.41, 5.74) is 5.33. The van der Waals surface area contributed by atoms with E-state index < -0.39 is 18.1 Å². The molecule has 2 unspecified atom stereocenters. The normalized spacial score (nSPS) is 22.7. The van der Waals surface area contributed by atoms with Crippen LogP contribution in [0.3, 0.4) is 0 Å². The van der Waals surface area contributed by atoms with E-state index in [0.717, 1.165) is 0 Å². The standard InChI is InChI=1S/C10H15NO4/c1-4-7-9(8(12)6(3)14-7)15-10(13)5(2)11/h5-6H,4,11H2,1-3H3. The van der Waals surface area contributed by atoms with Gasteiger partial charge in [0.05, 0.1) is 0 Å². The molecule has 1 rings (SSSR count). The quantitative estimate of drug-likeness (QED) is 0.690. The van der Waals surface area contributed by atoms with Gasteiger partial charge >= 0.3 is 5.97 Å². The third-order valence-corrected chi connectivity index (χ3v) is 2.06. The van der Waals surface area contributed by atoms with Gasteiger partial charge in [0.2, 0.25) is 11.5 Å². The maximum Gasteiger partial charge on any atom is 0.328 e. The molecule has 1 heterocycles. The first-order valence-electron chi connectivity index (χ1n) is 4.88. The van der Waals surface area contributed by atoms with E-state index in [1.807, 2.05) is 6.92 Å². The third-order valence-electron chi connectivity index (χ3n) is 2.06. The average Bonchev–Trinajstić information content (AvgIpc) is 2.45. The number of Topliss-reactive ketones (excluding diaryl/α,β-unsaturated/α-hetero) is 1. The van der Waals surface area contributed by atoms with Crippen LogP contribution in [0, 0.1) is 0 Å². The molecule has 0 saturated carbocycles. The molecule has 2 atom stereocenters. The number of allylic oxidation sites excluding steroid dienone is 1. The minimum absolute atomic E-state index is 0.00676. The number of rotatable bonds is 3. The van der Waals surface area contributed by atoms with Crippen LogP contribution < -0.4 is 5.73 Å². The van der Waals surface area contributed by atoms with E-state index in [1.165, 1.54) is 6.92 Å². The molecular formula is C10H15NO4. The van der Waals surface area contributed by atoms with E-state index >= 15 is 0 Å². The van der Waals surface area contributed by atoms with Crippen LogP contribution in [-0.4, -0.2) is 23.9 Å². The molecule has 0 aromatic carbocycles. The Morgan fingerprint density at radius 2 is 2.27 bits per heavy atom. The first-order chi connectivity index (χ1) is 6.97. The summed E-state index contributed by atoms with van der Waals surface area (Å²) in [6.45, 7) is 4.93. The molecule has 0 fully saturated rings. The molecule has 5 nitrogen and oxygen atoms in total. The molecule has 1 aliphatic heterocycles. The number of esters is 1. The first-order valence-corrected chi connectivity index (χ1v) is 4.88. The molecule has 0 amide bonds. The maximum absolute atomic E-state index is 11.5. The van der Waals surface area contributed by atoms with E-state index in [2.05, 4.69) is 0 Å². The van der Waals surface area contributed by atoms with Gasteiger partial charge in [-0.25, -0.2) is 4.79 Å². The van der Waals surface area contributed by atoms with Gasteiger partial charge in [-0.2, -0.15) is 0 Å². The Labute approximate surface area is 88.2 Å². The lowest BCUT2D eigenvalue weighted by atomic mass is 10.2. The molecule has 2 N–H and O–H groups in total. The lowest BCUT2D eigenvalue weighted by molar-refractivity contribution is -0.143. The van der Waals surface area contributed by atoms with E-state index in [-0.39, 0.29) is 11.5 Å². The Balaban J connectivity index is 2.82. The fraction of sp³-hybridized carbons (Fsp3) is 0.600. The van der Waals surface area contributed by atoms with Gasteiger partial charge in [-0.15, -0.1) is 0 Å². The SMILES string of the molecule is CCC1=C(OC(=O)C(C)N)C(=O)C(C)O1. The van der Waals surface area contributed by atoms with Crippen LogP contribution in [0.4, 0.5) is 0 Å². The molecule has 5 heteroatoms. The zero-order chi connectivity index (χ0) is 11.6. The second kappa shape index (κ2) is 4.44. The number of ether oxygens (including phenoxy) is 2. The largest absolute Gasteiger partial charge is 0.483 e. The highest BCUT2D eigenvalue weighted by Crippen LogP contribution is 2.25. The van der Waals surface area contributed by atoms with Gasteiger partial charge in [0.15, 0.2) is 6.10 Å². The summed E-state index contributed by atoms with van der Waals surface area (Å²) in [7, 11) is 0. The molecule has 0 aromatic heterocycles. The number of hydrogen-bond donors (Lipinski definition) is 1. The molecular weight excluding hydrogens is 198 g/mol. The number of carbonyl (C=O) groups is 2. The molecule has 0 aliphatic carbocycles. The maximum atomic E-state index is 11.5. The Kier molecular flexibility index (Phi) is 3.47. The summed E-state index contributed by atoms with van der Waals surface area (Å²) in [5.74, 6) is -0.503. The van der Waals surface area contributed by atoms with Crippen LogP contribution in [0.2, 0.25) is 0 Å². The molecule has 0 saturated heterocycles. The monoisotopic (exact) mass is 213 g/mol. The molecule has 0 aromatic rings. The Morgan fingerprint density at radius 3 is 2.73 bits per heavy atom. The van der Waals surface area contributed by atoms with Crippen molar-refractivity contribution in [2.45, 2.75) is 39.3 Å². The van der Waals surface area contributed by atoms with Gasteiger partial charge < -0.3 is 15.2 Å². The smallest absolute Gasteiger partial charge is 0.328 e. The highest BCUT2D eigenvalue weighted by atomic mass is 16.6. The van der Waals surface area contributed by atoms with Gasteiger partial charge in [0, 0.05) is 6.42 Å². The third kappa shape index (κ3) is 2.36. The molecule has 15 heavy (non-hydrogen) atoms. The lowest BCUT2D eigenvalue weighted by Crippen LogP contribution is -2.30. The van der Waals surface area contributed by atoms with Crippen LogP contribution in [-0.2, 0) is 19.1 Å². The highest BCUT2D eigenvalue weighted by molar-refractivity contribution is 6.01. The Morgan fingerprint density at radius 1 is 1.67 bits per heavy atom. The van der Waals surface area contributed by atoms with Gasteiger partial charge in [0.25, 0.3) is 0 Å². The summed E-state index contributed by atoms with van der Waals surface area (Å²) >= 11 is 0. The topological polar surface area (TPSA) is 78.6 Å². The van der Waals surface area contributed by atoms with Crippen molar-refractivity contribution in [3.8, 4) is 0 Å². The number of nitrogens with two attached hydrogens (primary N) is 1. The van der Waals surface area contributed by atoms with Crippen molar-refractivity contribution >= 4 is 11.8 Å². The van der Waals surface area contributed by atoms with Gasteiger partial charge in [-0.05, 0) is 13.8 Å². The van der Waals surface area contributed by atoms with Crippen molar-refractivity contribution in [1.82, 2.24) is 0 Å². The lowest BCUT2D eigenvalue weighted by Gasteiger charge is -2.06. The van der Waals surface area contributed by atoms with Crippen molar-refractivity contribution in [3.05, 3.63) is 11.5 Å². The molecule has 0 radical (unpaired) electrons. The minimum Gasteiger partial charge on any atom is -0.483 e. The molecule has 84 valence electrons. The van der Waals surface area contributed by atoms with Gasteiger partial charge in [-0.1, -0.05) is 6.92 Å². The van der Waals surface area contributed by atoms with Crippen LogP contribution >= 0.6 is 0 Å². The summed E-state index contributed by atoms with van der Waals surface area (Å²) in [5, 5.41) is 0. The molecule has 0 spiro atoms.